The van der Waals surface area contributed by atoms with Gasteiger partial charge < -0.3 is 15.0 Å². The summed E-state index contributed by atoms with van der Waals surface area (Å²) in [7, 11) is -3.75. The van der Waals surface area contributed by atoms with Crippen molar-refractivity contribution in [3.8, 4) is 5.75 Å². The predicted molar refractivity (Wildman–Crippen MR) is 122 cm³/mol. The molecule has 0 aromatic heterocycles. The summed E-state index contributed by atoms with van der Waals surface area (Å²) in [4.78, 5) is 15.1. The highest BCUT2D eigenvalue weighted by atomic mass is 32.2. The fourth-order valence-corrected chi connectivity index (χ4v) is 4.67. The maximum absolute atomic E-state index is 12.6. The molecule has 1 aliphatic heterocycles. The lowest BCUT2D eigenvalue weighted by Gasteiger charge is -2.34. The number of ether oxygens (including phenoxy) is 1. The van der Waals surface area contributed by atoms with Gasteiger partial charge >= 0.3 is 0 Å². The van der Waals surface area contributed by atoms with Gasteiger partial charge in [-0.25, -0.2) is 8.42 Å². The SMILES string of the molecule is CCOc1ccc(NS(=O)(=O)c2ccc(C(=O)NC3CCN(C(C)C)CC3)cc2)cc1. The molecule has 7 nitrogen and oxygen atoms in total. The van der Waals surface area contributed by atoms with E-state index in [1.165, 1.54) is 12.1 Å². The molecular formula is C23H31N3O4S. The van der Waals surface area contributed by atoms with E-state index in [9.17, 15) is 13.2 Å². The van der Waals surface area contributed by atoms with Crippen LogP contribution in [0.1, 0.15) is 44.0 Å². The summed E-state index contributed by atoms with van der Waals surface area (Å²) < 4.78 is 33.2. The van der Waals surface area contributed by atoms with Gasteiger partial charge in [0.2, 0.25) is 0 Å². The van der Waals surface area contributed by atoms with Crippen LogP contribution in [-0.2, 0) is 10.0 Å². The number of carbonyl (C=O) groups excluding carboxylic acids is 1. The summed E-state index contributed by atoms with van der Waals surface area (Å²) in [6.07, 6.45) is 1.84. The summed E-state index contributed by atoms with van der Waals surface area (Å²) in [5.41, 5.74) is 0.893. The first-order valence-corrected chi connectivity index (χ1v) is 12.2. The van der Waals surface area contributed by atoms with E-state index in [0.29, 0.717) is 29.6 Å². The molecule has 0 atom stereocenters. The fraction of sp³-hybridized carbons (Fsp3) is 0.435. The molecule has 1 heterocycles. The van der Waals surface area contributed by atoms with Crippen LogP contribution in [-0.4, -0.2) is 51.0 Å². The first-order valence-electron chi connectivity index (χ1n) is 10.7. The summed E-state index contributed by atoms with van der Waals surface area (Å²) in [5.74, 6) is 0.502. The van der Waals surface area contributed by atoms with Gasteiger partial charge in [-0.15, -0.1) is 0 Å². The van der Waals surface area contributed by atoms with E-state index < -0.39 is 10.0 Å². The van der Waals surface area contributed by atoms with Crippen molar-refractivity contribution in [2.75, 3.05) is 24.4 Å². The molecule has 3 rings (SSSR count). The van der Waals surface area contributed by atoms with Gasteiger partial charge in [-0.3, -0.25) is 9.52 Å². The minimum atomic E-state index is -3.75. The summed E-state index contributed by atoms with van der Waals surface area (Å²) in [5, 5.41) is 3.07. The highest BCUT2D eigenvalue weighted by Crippen LogP contribution is 2.20. The molecule has 2 aromatic rings. The molecule has 0 radical (unpaired) electrons. The van der Waals surface area contributed by atoms with Crippen LogP contribution >= 0.6 is 0 Å². The summed E-state index contributed by atoms with van der Waals surface area (Å²) in [6, 6.07) is 13.4. The average Bonchev–Trinajstić information content (AvgIpc) is 2.75. The third-order valence-electron chi connectivity index (χ3n) is 5.44. The molecule has 0 aliphatic carbocycles. The van der Waals surface area contributed by atoms with Crippen molar-refractivity contribution < 1.29 is 17.9 Å². The highest BCUT2D eigenvalue weighted by molar-refractivity contribution is 7.92. The van der Waals surface area contributed by atoms with Crippen LogP contribution < -0.4 is 14.8 Å². The number of sulfonamides is 1. The third kappa shape index (κ3) is 6.21. The van der Waals surface area contributed by atoms with Crippen molar-refractivity contribution in [1.29, 1.82) is 0 Å². The zero-order chi connectivity index (χ0) is 22.4. The Morgan fingerprint density at radius 1 is 1.06 bits per heavy atom. The number of carbonyl (C=O) groups is 1. The number of hydrogen-bond donors (Lipinski definition) is 2. The normalized spacial score (nSPS) is 15.6. The quantitative estimate of drug-likeness (QED) is 0.649. The van der Waals surface area contributed by atoms with Crippen LogP contribution in [0.25, 0.3) is 0 Å². The Morgan fingerprint density at radius 3 is 2.23 bits per heavy atom. The van der Waals surface area contributed by atoms with E-state index >= 15 is 0 Å². The lowest BCUT2D eigenvalue weighted by atomic mass is 10.0. The van der Waals surface area contributed by atoms with Gasteiger partial charge in [0.1, 0.15) is 5.75 Å². The highest BCUT2D eigenvalue weighted by Gasteiger charge is 2.23. The number of amides is 1. The van der Waals surface area contributed by atoms with Gasteiger partial charge in [0.05, 0.1) is 11.5 Å². The van der Waals surface area contributed by atoms with Crippen LogP contribution in [0.5, 0.6) is 5.75 Å². The van der Waals surface area contributed by atoms with E-state index in [-0.39, 0.29) is 16.8 Å². The number of nitrogens with one attached hydrogen (secondary N) is 2. The number of rotatable bonds is 8. The summed E-state index contributed by atoms with van der Waals surface area (Å²) in [6.45, 7) is 8.73. The summed E-state index contributed by atoms with van der Waals surface area (Å²) >= 11 is 0. The second-order valence-corrected chi connectivity index (χ2v) is 9.65. The monoisotopic (exact) mass is 445 g/mol. The molecule has 1 amide bonds. The first-order chi connectivity index (χ1) is 14.8. The smallest absolute Gasteiger partial charge is 0.261 e. The van der Waals surface area contributed by atoms with Crippen LogP contribution in [0.15, 0.2) is 53.4 Å². The molecule has 8 heteroatoms. The largest absolute Gasteiger partial charge is 0.494 e. The van der Waals surface area contributed by atoms with Gasteiger partial charge in [-0.05, 0) is 82.1 Å². The van der Waals surface area contributed by atoms with Gasteiger partial charge in [-0.2, -0.15) is 0 Å². The minimum absolute atomic E-state index is 0.100. The van der Waals surface area contributed by atoms with E-state index in [4.69, 9.17) is 4.74 Å². The van der Waals surface area contributed by atoms with E-state index in [1.807, 2.05) is 6.92 Å². The maximum atomic E-state index is 12.6. The Kier molecular flexibility index (Phi) is 7.56. The molecule has 2 N–H and O–H groups in total. The molecular weight excluding hydrogens is 414 g/mol. The fourth-order valence-electron chi connectivity index (χ4n) is 3.61. The number of hydrogen-bond acceptors (Lipinski definition) is 5. The molecule has 168 valence electrons. The molecule has 0 bridgehead atoms. The Hall–Kier alpha value is -2.58. The Balaban J connectivity index is 1.59. The molecule has 2 aromatic carbocycles. The van der Waals surface area contributed by atoms with E-state index in [1.54, 1.807) is 36.4 Å². The second-order valence-electron chi connectivity index (χ2n) is 7.96. The minimum Gasteiger partial charge on any atom is -0.494 e. The molecule has 1 saturated heterocycles. The standard InChI is InChI=1S/C23H31N3O4S/c1-4-30-21-9-7-20(8-10-21)25-31(28,29)22-11-5-18(6-12-22)23(27)24-19-13-15-26(16-14-19)17(2)3/h5-12,17,19,25H,4,13-16H2,1-3H3,(H,24,27). The first kappa shape index (κ1) is 23.1. The molecule has 31 heavy (non-hydrogen) atoms. The predicted octanol–water partition coefficient (Wildman–Crippen LogP) is 3.49. The maximum Gasteiger partial charge on any atom is 0.261 e. The second kappa shape index (κ2) is 10.2. The topological polar surface area (TPSA) is 87.7 Å². The van der Waals surface area contributed by atoms with Crippen molar-refractivity contribution in [3.05, 3.63) is 54.1 Å². The number of piperidine rings is 1. The van der Waals surface area contributed by atoms with E-state index in [2.05, 4.69) is 28.8 Å². The lowest BCUT2D eigenvalue weighted by molar-refractivity contribution is 0.0900. The van der Waals surface area contributed by atoms with Gasteiger partial charge in [-0.1, -0.05) is 0 Å². The lowest BCUT2D eigenvalue weighted by Crippen LogP contribution is -2.46. The van der Waals surface area contributed by atoms with Crippen molar-refractivity contribution in [2.45, 2.75) is 50.6 Å². The average molecular weight is 446 g/mol. The zero-order valence-corrected chi connectivity index (χ0v) is 19.1. The molecule has 0 saturated carbocycles. The van der Waals surface area contributed by atoms with Gasteiger partial charge in [0, 0.05) is 36.4 Å². The zero-order valence-electron chi connectivity index (χ0n) is 18.3. The number of anilines is 1. The van der Waals surface area contributed by atoms with Crippen molar-refractivity contribution in [1.82, 2.24) is 10.2 Å². The van der Waals surface area contributed by atoms with Crippen LogP contribution in [0.4, 0.5) is 5.69 Å². The number of likely N-dealkylation sites (tertiary alicyclic amines) is 1. The molecule has 1 aliphatic rings. The molecule has 0 spiro atoms. The van der Waals surface area contributed by atoms with E-state index in [0.717, 1.165) is 25.9 Å². The number of benzene rings is 2. The van der Waals surface area contributed by atoms with Gasteiger partial charge in [0.15, 0.2) is 0 Å². The van der Waals surface area contributed by atoms with Crippen molar-refractivity contribution >= 4 is 21.6 Å². The Bertz CT molecular complexity index is 965. The number of nitrogens with zero attached hydrogens (tertiary/aromatic N) is 1. The molecule has 1 fully saturated rings. The van der Waals surface area contributed by atoms with Crippen LogP contribution in [0.3, 0.4) is 0 Å². The Labute approximate surface area is 184 Å². The van der Waals surface area contributed by atoms with Crippen molar-refractivity contribution in [3.63, 3.8) is 0 Å². The molecule has 0 unspecified atom stereocenters. The third-order valence-corrected chi connectivity index (χ3v) is 6.84. The van der Waals surface area contributed by atoms with Crippen LogP contribution in [0, 0.1) is 0 Å². The van der Waals surface area contributed by atoms with Gasteiger partial charge in [0.25, 0.3) is 15.9 Å². The van der Waals surface area contributed by atoms with Crippen LogP contribution in [0.2, 0.25) is 0 Å². The Morgan fingerprint density at radius 2 is 1.68 bits per heavy atom. The van der Waals surface area contributed by atoms with Crippen molar-refractivity contribution in [2.24, 2.45) is 0 Å².